The van der Waals surface area contributed by atoms with Crippen LogP contribution in [0.25, 0.3) is 0 Å². The second-order valence-corrected chi connectivity index (χ2v) is 3.82. The Kier molecular flexibility index (Phi) is 4.25. The summed E-state index contributed by atoms with van der Waals surface area (Å²) in [5.74, 6) is -3.12. The lowest BCUT2D eigenvalue weighted by molar-refractivity contribution is -0.141. The number of rotatable bonds is 4. The number of aldehydes is 1. The van der Waals surface area contributed by atoms with Gasteiger partial charge in [0.1, 0.15) is 12.4 Å². The average molecular weight is 242 g/mol. The molecule has 0 radical (unpaired) electrons. The lowest BCUT2D eigenvalue weighted by atomic mass is 9.80. The van der Waals surface area contributed by atoms with Gasteiger partial charge in [-0.3, -0.25) is 4.79 Å². The summed E-state index contributed by atoms with van der Waals surface area (Å²) in [4.78, 5) is 33.2. The van der Waals surface area contributed by atoms with Gasteiger partial charge in [0.2, 0.25) is 0 Å². The average Bonchev–Trinajstić information content (AvgIpc) is 2.28. The number of carbonyl (C=O) groups is 3. The van der Waals surface area contributed by atoms with Gasteiger partial charge in [-0.15, -0.1) is 0 Å². The van der Waals surface area contributed by atoms with Crippen LogP contribution in [-0.4, -0.2) is 36.5 Å². The highest BCUT2D eigenvalue weighted by atomic mass is 16.5. The van der Waals surface area contributed by atoms with E-state index in [-0.39, 0.29) is 12.0 Å². The molecule has 1 heterocycles. The first-order chi connectivity index (χ1) is 8.01. The van der Waals surface area contributed by atoms with E-state index in [1.165, 1.54) is 13.4 Å². The summed E-state index contributed by atoms with van der Waals surface area (Å²) < 4.78 is 9.68. The zero-order chi connectivity index (χ0) is 13.0. The van der Waals surface area contributed by atoms with E-state index in [0.29, 0.717) is 6.29 Å². The van der Waals surface area contributed by atoms with Gasteiger partial charge >= 0.3 is 11.9 Å². The van der Waals surface area contributed by atoms with Crippen molar-refractivity contribution in [2.75, 3.05) is 7.11 Å². The number of carbonyl (C=O) groups excluding carboxylic acids is 2. The largest absolute Gasteiger partial charge is 0.497 e. The van der Waals surface area contributed by atoms with Crippen LogP contribution in [0.2, 0.25) is 0 Å². The normalized spacial score (nSPS) is 27.6. The summed E-state index contributed by atoms with van der Waals surface area (Å²) >= 11 is 0. The molecule has 0 fully saturated rings. The Balaban J connectivity index is 3.04. The van der Waals surface area contributed by atoms with Gasteiger partial charge in [0.15, 0.2) is 0 Å². The fourth-order valence-corrected chi connectivity index (χ4v) is 1.85. The van der Waals surface area contributed by atoms with Crippen LogP contribution < -0.4 is 0 Å². The van der Waals surface area contributed by atoms with Crippen molar-refractivity contribution in [3.05, 3.63) is 11.8 Å². The first-order valence-corrected chi connectivity index (χ1v) is 5.12. The fraction of sp³-hybridized carbons (Fsp3) is 0.545. The molecular formula is C11H14O6. The summed E-state index contributed by atoms with van der Waals surface area (Å²) in [7, 11) is 1.19. The van der Waals surface area contributed by atoms with E-state index in [1.54, 1.807) is 6.92 Å². The molecule has 0 aliphatic carbocycles. The number of carboxylic acids is 1. The molecule has 0 aromatic carbocycles. The Labute approximate surface area is 98.2 Å². The Morgan fingerprint density at radius 1 is 1.59 bits per heavy atom. The topological polar surface area (TPSA) is 89.9 Å². The molecule has 0 aromatic heterocycles. The molecular weight excluding hydrogens is 228 g/mol. The quantitative estimate of drug-likeness (QED) is 0.565. The van der Waals surface area contributed by atoms with E-state index in [0.717, 1.165) is 0 Å². The molecule has 0 unspecified atom stereocenters. The molecule has 0 saturated heterocycles. The molecule has 0 amide bonds. The van der Waals surface area contributed by atoms with E-state index in [1.807, 2.05) is 0 Å². The Hall–Kier alpha value is -1.85. The predicted molar refractivity (Wildman–Crippen MR) is 55.9 cm³/mol. The molecule has 0 spiro atoms. The van der Waals surface area contributed by atoms with Gasteiger partial charge in [0.25, 0.3) is 0 Å². The second kappa shape index (κ2) is 5.47. The molecule has 1 aliphatic heterocycles. The van der Waals surface area contributed by atoms with Crippen molar-refractivity contribution in [2.45, 2.75) is 19.4 Å². The Bertz CT molecular complexity index is 359. The molecule has 6 nitrogen and oxygen atoms in total. The van der Waals surface area contributed by atoms with Crippen molar-refractivity contribution in [1.29, 1.82) is 0 Å². The van der Waals surface area contributed by atoms with Gasteiger partial charge in [-0.1, -0.05) is 0 Å². The first-order valence-electron chi connectivity index (χ1n) is 5.12. The minimum absolute atomic E-state index is 0.0881. The van der Waals surface area contributed by atoms with E-state index < -0.39 is 29.9 Å². The molecule has 6 heteroatoms. The van der Waals surface area contributed by atoms with Crippen molar-refractivity contribution in [3.8, 4) is 0 Å². The number of hydrogen-bond donors (Lipinski definition) is 1. The van der Waals surface area contributed by atoms with Crippen LogP contribution in [0.15, 0.2) is 11.8 Å². The van der Waals surface area contributed by atoms with Crippen LogP contribution in [0.1, 0.15) is 13.3 Å². The van der Waals surface area contributed by atoms with Crippen LogP contribution in [0.3, 0.4) is 0 Å². The van der Waals surface area contributed by atoms with Gasteiger partial charge in [0.05, 0.1) is 31.3 Å². The number of carboxylic acid groups (broad SMARTS) is 1. The highest BCUT2D eigenvalue weighted by Gasteiger charge is 2.38. The van der Waals surface area contributed by atoms with Gasteiger partial charge < -0.3 is 19.4 Å². The molecule has 1 N–H and O–H groups in total. The first kappa shape index (κ1) is 13.2. The number of hydrogen-bond acceptors (Lipinski definition) is 5. The van der Waals surface area contributed by atoms with E-state index in [2.05, 4.69) is 4.74 Å². The molecule has 0 aromatic rings. The number of esters is 1. The van der Waals surface area contributed by atoms with Crippen molar-refractivity contribution in [2.24, 2.45) is 11.8 Å². The van der Waals surface area contributed by atoms with Crippen molar-refractivity contribution >= 4 is 18.2 Å². The summed E-state index contributed by atoms with van der Waals surface area (Å²) in [5, 5.41) is 8.80. The summed E-state index contributed by atoms with van der Waals surface area (Å²) in [6, 6.07) is 0. The van der Waals surface area contributed by atoms with Crippen LogP contribution in [0.5, 0.6) is 0 Å². The maximum absolute atomic E-state index is 11.4. The van der Waals surface area contributed by atoms with Crippen LogP contribution in [0.4, 0.5) is 0 Å². The number of aliphatic carboxylic acids is 1. The van der Waals surface area contributed by atoms with Gasteiger partial charge in [-0.2, -0.15) is 0 Å². The lowest BCUT2D eigenvalue weighted by Crippen LogP contribution is -2.37. The number of methoxy groups -OCH3 is 1. The molecule has 1 aliphatic rings. The standard InChI is InChI=1S/C11H14O6/c1-6-8(4-12)7(3-10(13)14)9(5-17-6)11(15)16-2/h4-8H,3H2,1-2H3,(H,13,14)/t6-,7-,8+/m0/s1. The number of ether oxygens (including phenoxy) is 2. The highest BCUT2D eigenvalue weighted by molar-refractivity contribution is 5.90. The summed E-state index contributed by atoms with van der Waals surface area (Å²) in [6.45, 7) is 1.65. The monoisotopic (exact) mass is 242 g/mol. The lowest BCUT2D eigenvalue weighted by Gasteiger charge is -2.31. The summed E-state index contributed by atoms with van der Waals surface area (Å²) in [5.41, 5.74) is 0.0881. The molecule has 0 saturated carbocycles. The SMILES string of the molecule is COC(=O)C1=CO[C@@H](C)[C@@H](C=O)[C@@H]1CC(=O)O. The van der Waals surface area contributed by atoms with Crippen LogP contribution in [-0.2, 0) is 23.9 Å². The van der Waals surface area contributed by atoms with Crippen molar-refractivity contribution < 1.29 is 29.0 Å². The Morgan fingerprint density at radius 3 is 2.71 bits per heavy atom. The smallest absolute Gasteiger partial charge is 0.337 e. The molecule has 94 valence electrons. The predicted octanol–water partition coefficient (Wildman–Crippen LogP) is 0.368. The van der Waals surface area contributed by atoms with Crippen LogP contribution in [0, 0.1) is 11.8 Å². The van der Waals surface area contributed by atoms with Crippen LogP contribution >= 0.6 is 0 Å². The fourth-order valence-electron chi connectivity index (χ4n) is 1.85. The molecule has 17 heavy (non-hydrogen) atoms. The van der Waals surface area contributed by atoms with Gasteiger partial charge in [-0.05, 0) is 6.92 Å². The maximum Gasteiger partial charge on any atom is 0.337 e. The zero-order valence-electron chi connectivity index (χ0n) is 9.58. The van der Waals surface area contributed by atoms with Crippen molar-refractivity contribution in [1.82, 2.24) is 0 Å². The Morgan fingerprint density at radius 2 is 2.24 bits per heavy atom. The maximum atomic E-state index is 11.4. The van der Waals surface area contributed by atoms with Gasteiger partial charge in [0, 0.05) is 5.92 Å². The third kappa shape index (κ3) is 2.83. The zero-order valence-corrected chi connectivity index (χ0v) is 9.58. The highest BCUT2D eigenvalue weighted by Crippen LogP contribution is 2.32. The molecule has 0 bridgehead atoms. The third-order valence-electron chi connectivity index (χ3n) is 2.79. The van der Waals surface area contributed by atoms with E-state index in [9.17, 15) is 14.4 Å². The summed E-state index contributed by atoms with van der Waals surface area (Å²) in [6.07, 6.45) is 1.04. The minimum Gasteiger partial charge on any atom is -0.497 e. The van der Waals surface area contributed by atoms with Gasteiger partial charge in [-0.25, -0.2) is 4.79 Å². The van der Waals surface area contributed by atoms with E-state index >= 15 is 0 Å². The second-order valence-electron chi connectivity index (χ2n) is 3.82. The minimum atomic E-state index is -1.08. The molecule has 1 rings (SSSR count). The van der Waals surface area contributed by atoms with Crippen molar-refractivity contribution in [3.63, 3.8) is 0 Å². The van der Waals surface area contributed by atoms with E-state index in [4.69, 9.17) is 9.84 Å². The third-order valence-corrected chi connectivity index (χ3v) is 2.79. The molecule has 3 atom stereocenters.